The van der Waals surface area contributed by atoms with Crippen LogP contribution in [0.2, 0.25) is 0 Å². The van der Waals surface area contributed by atoms with Gasteiger partial charge in [-0.15, -0.1) is 0 Å². The Morgan fingerprint density at radius 3 is 2.19 bits per heavy atom. The molecular formula is C25H28FN2O3+. The highest BCUT2D eigenvalue weighted by atomic mass is 19.1. The maximum Gasteiger partial charge on any atom is 0.275 e. The molecule has 1 unspecified atom stereocenters. The molecule has 0 aliphatic heterocycles. The van der Waals surface area contributed by atoms with E-state index in [9.17, 15) is 9.18 Å². The van der Waals surface area contributed by atoms with Crippen molar-refractivity contribution in [3.8, 4) is 11.5 Å². The summed E-state index contributed by atoms with van der Waals surface area (Å²) in [5.74, 6) is 1.04. The Balaban J connectivity index is 1.57. The van der Waals surface area contributed by atoms with E-state index in [1.165, 1.54) is 12.1 Å². The van der Waals surface area contributed by atoms with E-state index in [2.05, 4.69) is 5.32 Å². The van der Waals surface area contributed by atoms with Crippen molar-refractivity contribution in [3.63, 3.8) is 0 Å². The topological polar surface area (TPSA) is 52.0 Å². The van der Waals surface area contributed by atoms with Crippen LogP contribution in [0.5, 0.6) is 11.5 Å². The number of likely N-dealkylation sites (N-methyl/N-ethyl adjacent to an activating group) is 1. The smallest absolute Gasteiger partial charge is 0.275 e. The van der Waals surface area contributed by atoms with Crippen LogP contribution in [0.3, 0.4) is 0 Å². The van der Waals surface area contributed by atoms with Crippen molar-refractivity contribution < 1.29 is 23.6 Å². The quantitative estimate of drug-likeness (QED) is 0.527. The number of nitrogens with one attached hydrogen (secondary N) is 2. The van der Waals surface area contributed by atoms with Gasteiger partial charge in [-0.25, -0.2) is 4.39 Å². The first-order valence-corrected chi connectivity index (χ1v) is 10.2. The van der Waals surface area contributed by atoms with Crippen LogP contribution in [0, 0.1) is 5.82 Å². The van der Waals surface area contributed by atoms with Crippen LogP contribution in [0.1, 0.15) is 17.2 Å². The lowest BCUT2D eigenvalue weighted by Gasteiger charge is -2.21. The minimum atomic E-state index is -0.295. The average Bonchev–Trinajstić information content (AvgIpc) is 2.79. The summed E-state index contributed by atoms with van der Waals surface area (Å²) in [7, 11) is 3.57. The molecule has 3 rings (SSSR count). The summed E-state index contributed by atoms with van der Waals surface area (Å²) in [6.45, 7) is 1.39. The third kappa shape index (κ3) is 6.83. The standard InChI is InChI=1S/C25H27FN2O3/c1-28(16-17-31-23-14-10-21(26)11-15-23)18-24(29)27-25(19-6-4-3-5-7-19)20-8-12-22(30-2)13-9-20/h3-15,25H,16-18H2,1-2H3,(H,27,29)/p+1/t25-/m0/s1. The molecule has 2 N–H and O–H groups in total. The maximum absolute atomic E-state index is 13.0. The van der Waals surface area contributed by atoms with Crippen LogP contribution in [-0.2, 0) is 4.79 Å². The van der Waals surface area contributed by atoms with Gasteiger partial charge in [0.25, 0.3) is 5.91 Å². The number of quaternary nitrogens is 1. The van der Waals surface area contributed by atoms with Crippen LogP contribution < -0.4 is 19.7 Å². The Morgan fingerprint density at radius 1 is 0.935 bits per heavy atom. The molecule has 0 spiro atoms. The van der Waals surface area contributed by atoms with Gasteiger partial charge in [-0.1, -0.05) is 42.5 Å². The van der Waals surface area contributed by atoms with Crippen molar-refractivity contribution >= 4 is 5.91 Å². The van der Waals surface area contributed by atoms with Crippen LogP contribution in [0.25, 0.3) is 0 Å². The fraction of sp³-hybridized carbons (Fsp3) is 0.240. The molecule has 0 fully saturated rings. The molecular weight excluding hydrogens is 395 g/mol. The SMILES string of the molecule is COc1ccc([C@@H](NC(=O)C[NH+](C)CCOc2ccc(F)cc2)c2ccccc2)cc1. The van der Waals surface area contributed by atoms with E-state index in [-0.39, 0.29) is 17.8 Å². The van der Waals surface area contributed by atoms with E-state index < -0.39 is 0 Å². The number of amides is 1. The van der Waals surface area contributed by atoms with Crippen LogP contribution >= 0.6 is 0 Å². The van der Waals surface area contributed by atoms with Gasteiger partial charge in [-0.05, 0) is 47.5 Å². The first-order valence-electron chi connectivity index (χ1n) is 10.2. The molecule has 31 heavy (non-hydrogen) atoms. The Hall–Kier alpha value is -3.38. The molecule has 0 saturated carbocycles. The molecule has 0 saturated heterocycles. The van der Waals surface area contributed by atoms with E-state index in [1.807, 2.05) is 61.6 Å². The van der Waals surface area contributed by atoms with E-state index in [1.54, 1.807) is 19.2 Å². The van der Waals surface area contributed by atoms with Gasteiger partial charge in [0.15, 0.2) is 6.54 Å². The number of rotatable bonds is 10. The zero-order chi connectivity index (χ0) is 22.1. The summed E-state index contributed by atoms with van der Waals surface area (Å²) in [5.41, 5.74) is 2.00. The minimum absolute atomic E-state index is 0.0519. The second-order valence-electron chi connectivity index (χ2n) is 7.37. The highest BCUT2D eigenvalue weighted by molar-refractivity contribution is 5.78. The predicted molar refractivity (Wildman–Crippen MR) is 118 cm³/mol. The molecule has 0 aromatic heterocycles. The first-order chi connectivity index (χ1) is 15.0. The van der Waals surface area contributed by atoms with Crippen molar-refractivity contribution in [2.75, 3.05) is 33.9 Å². The Labute approximate surface area is 182 Å². The summed E-state index contributed by atoms with van der Waals surface area (Å²) in [6.07, 6.45) is 0. The lowest BCUT2D eigenvalue weighted by atomic mass is 9.98. The summed E-state index contributed by atoms with van der Waals surface area (Å²) in [5, 5.41) is 3.15. The van der Waals surface area contributed by atoms with Crippen molar-refractivity contribution in [2.45, 2.75) is 6.04 Å². The summed E-state index contributed by atoms with van der Waals surface area (Å²) in [6, 6.07) is 23.3. The van der Waals surface area contributed by atoms with Crippen molar-refractivity contribution in [1.29, 1.82) is 0 Å². The van der Waals surface area contributed by atoms with E-state index >= 15 is 0 Å². The second-order valence-corrected chi connectivity index (χ2v) is 7.37. The van der Waals surface area contributed by atoms with Gasteiger partial charge in [0, 0.05) is 0 Å². The molecule has 0 bridgehead atoms. The van der Waals surface area contributed by atoms with E-state index in [4.69, 9.17) is 9.47 Å². The number of benzene rings is 3. The Morgan fingerprint density at radius 2 is 1.55 bits per heavy atom. The molecule has 1 amide bonds. The van der Waals surface area contributed by atoms with Crippen molar-refractivity contribution in [3.05, 3.63) is 95.8 Å². The summed E-state index contributed by atoms with van der Waals surface area (Å²) >= 11 is 0. The van der Waals surface area contributed by atoms with E-state index in [0.717, 1.165) is 21.8 Å². The molecule has 5 nitrogen and oxygen atoms in total. The Kier molecular flexibility index (Phi) is 8.01. The third-order valence-corrected chi connectivity index (χ3v) is 4.96. The second kappa shape index (κ2) is 11.1. The largest absolute Gasteiger partial charge is 0.497 e. The molecule has 0 aliphatic carbocycles. The van der Waals surface area contributed by atoms with Gasteiger partial charge in [-0.3, -0.25) is 4.79 Å². The number of hydrogen-bond donors (Lipinski definition) is 2. The fourth-order valence-electron chi connectivity index (χ4n) is 3.25. The molecule has 6 heteroatoms. The lowest BCUT2D eigenvalue weighted by molar-refractivity contribution is -0.871. The van der Waals surface area contributed by atoms with Gasteiger partial charge >= 0.3 is 0 Å². The molecule has 2 atom stereocenters. The molecule has 0 radical (unpaired) electrons. The number of hydrogen-bond acceptors (Lipinski definition) is 3. The zero-order valence-corrected chi connectivity index (χ0v) is 17.8. The number of ether oxygens (including phenoxy) is 2. The molecule has 0 heterocycles. The average molecular weight is 424 g/mol. The lowest BCUT2D eigenvalue weighted by Crippen LogP contribution is -3.10. The monoisotopic (exact) mass is 423 g/mol. The third-order valence-electron chi connectivity index (χ3n) is 4.96. The van der Waals surface area contributed by atoms with E-state index in [0.29, 0.717) is 25.4 Å². The van der Waals surface area contributed by atoms with Gasteiger partial charge < -0.3 is 19.7 Å². The number of carbonyl (C=O) groups excluding carboxylic acids is 1. The number of methoxy groups -OCH3 is 1. The number of halogens is 1. The highest BCUT2D eigenvalue weighted by Crippen LogP contribution is 2.24. The zero-order valence-electron chi connectivity index (χ0n) is 17.8. The molecule has 162 valence electrons. The van der Waals surface area contributed by atoms with Gasteiger partial charge in [-0.2, -0.15) is 0 Å². The predicted octanol–water partition coefficient (Wildman–Crippen LogP) is 2.63. The molecule has 3 aromatic rings. The van der Waals surface area contributed by atoms with Crippen molar-refractivity contribution in [1.82, 2.24) is 5.32 Å². The molecule has 0 aliphatic rings. The minimum Gasteiger partial charge on any atom is -0.497 e. The highest BCUT2D eigenvalue weighted by Gasteiger charge is 2.19. The van der Waals surface area contributed by atoms with Gasteiger partial charge in [0.2, 0.25) is 0 Å². The number of carbonyl (C=O) groups is 1. The maximum atomic E-state index is 13.0. The summed E-state index contributed by atoms with van der Waals surface area (Å²) < 4.78 is 23.8. The van der Waals surface area contributed by atoms with Crippen LogP contribution in [0.4, 0.5) is 4.39 Å². The summed E-state index contributed by atoms with van der Waals surface area (Å²) in [4.78, 5) is 13.8. The van der Waals surface area contributed by atoms with Gasteiger partial charge in [0.1, 0.15) is 30.5 Å². The molecule has 3 aromatic carbocycles. The van der Waals surface area contributed by atoms with Gasteiger partial charge in [0.05, 0.1) is 20.2 Å². The fourth-order valence-corrected chi connectivity index (χ4v) is 3.25. The Bertz CT molecular complexity index is 947. The first kappa shape index (κ1) is 22.3. The van der Waals surface area contributed by atoms with Crippen molar-refractivity contribution in [2.24, 2.45) is 0 Å². The van der Waals surface area contributed by atoms with Crippen LogP contribution in [0.15, 0.2) is 78.9 Å². The normalized spacial score (nSPS) is 12.6. The van der Waals surface area contributed by atoms with Crippen LogP contribution in [-0.4, -0.2) is 39.8 Å².